The van der Waals surface area contributed by atoms with Crippen LogP contribution in [0.2, 0.25) is 0 Å². The summed E-state index contributed by atoms with van der Waals surface area (Å²) < 4.78 is 1.53. The molecular weight excluding hydrogens is 356 g/mol. The summed E-state index contributed by atoms with van der Waals surface area (Å²) in [6.45, 7) is 4.97. The maximum atomic E-state index is 13.0. The van der Waals surface area contributed by atoms with Crippen molar-refractivity contribution in [2.45, 2.75) is 52.4 Å². The second-order valence-electron chi connectivity index (χ2n) is 7.76. The first-order valence-electron chi connectivity index (χ1n) is 9.85. The van der Waals surface area contributed by atoms with Crippen molar-refractivity contribution in [2.24, 2.45) is 5.41 Å². The van der Waals surface area contributed by atoms with Gasteiger partial charge in [-0.2, -0.15) is 10.4 Å². The molecule has 0 bridgehead atoms. The van der Waals surface area contributed by atoms with Gasteiger partial charge in [0, 0.05) is 18.7 Å². The van der Waals surface area contributed by atoms with E-state index in [0.29, 0.717) is 43.1 Å². The quantitative estimate of drug-likeness (QED) is 0.875. The molecule has 2 aromatic rings. The monoisotopic (exact) mass is 380 g/mol. The summed E-state index contributed by atoms with van der Waals surface area (Å²) >= 11 is 0. The molecule has 0 saturated carbocycles. The smallest absolute Gasteiger partial charge is 0.257 e. The molecule has 1 saturated heterocycles. The maximum absolute atomic E-state index is 13.0. The third kappa shape index (κ3) is 2.91. The van der Waals surface area contributed by atoms with Gasteiger partial charge in [-0.15, -0.1) is 0 Å². The minimum Gasteiger partial charge on any atom is -0.338 e. The lowest BCUT2D eigenvalue weighted by Crippen LogP contribution is -2.42. The van der Waals surface area contributed by atoms with E-state index >= 15 is 0 Å². The molecule has 2 aliphatic rings. The van der Waals surface area contributed by atoms with Crippen LogP contribution in [0.15, 0.2) is 11.0 Å². The number of aryl methyl sites for hydroxylation is 1. The second kappa shape index (κ2) is 6.89. The van der Waals surface area contributed by atoms with E-state index in [9.17, 15) is 14.9 Å². The number of hydrogen-bond donors (Lipinski definition) is 1. The van der Waals surface area contributed by atoms with Gasteiger partial charge >= 0.3 is 0 Å². The second-order valence-corrected chi connectivity index (χ2v) is 7.76. The van der Waals surface area contributed by atoms with E-state index in [-0.39, 0.29) is 16.9 Å². The van der Waals surface area contributed by atoms with Crippen LogP contribution < -0.4 is 5.56 Å². The molecule has 0 radical (unpaired) electrons. The van der Waals surface area contributed by atoms with Crippen molar-refractivity contribution < 1.29 is 4.79 Å². The van der Waals surface area contributed by atoms with Crippen LogP contribution in [0.3, 0.4) is 0 Å². The van der Waals surface area contributed by atoms with Crippen LogP contribution >= 0.6 is 0 Å². The topological polar surface area (TPSA) is 108 Å². The van der Waals surface area contributed by atoms with E-state index in [0.717, 1.165) is 36.9 Å². The zero-order chi connectivity index (χ0) is 19.9. The molecule has 0 atom stereocenters. The van der Waals surface area contributed by atoms with Crippen molar-refractivity contribution in [1.82, 2.24) is 24.6 Å². The lowest BCUT2D eigenvalue weighted by molar-refractivity contribution is 0.0642. The molecule has 0 aromatic carbocycles. The van der Waals surface area contributed by atoms with Crippen molar-refractivity contribution in [1.29, 1.82) is 5.26 Å². The first-order chi connectivity index (χ1) is 13.5. The predicted molar refractivity (Wildman–Crippen MR) is 102 cm³/mol. The highest BCUT2D eigenvalue weighted by molar-refractivity contribution is 5.95. The largest absolute Gasteiger partial charge is 0.338 e. The number of aromatic nitrogens is 4. The predicted octanol–water partition coefficient (Wildman–Crippen LogP) is 1.91. The van der Waals surface area contributed by atoms with E-state index in [4.69, 9.17) is 0 Å². The Hall–Kier alpha value is -2.95. The zero-order valence-electron chi connectivity index (χ0n) is 16.3. The van der Waals surface area contributed by atoms with Gasteiger partial charge in [-0.05, 0) is 45.4 Å². The third-order valence-corrected chi connectivity index (χ3v) is 6.29. The van der Waals surface area contributed by atoms with Gasteiger partial charge in [0.05, 0.1) is 34.6 Å². The van der Waals surface area contributed by atoms with Gasteiger partial charge in [0.25, 0.3) is 11.5 Å². The lowest BCUT2D eigenvalue weighted by Gasteiger charge is -2.36. The molecular formula is C20H24N6O2. The Labute approximate surface area is 163 Å². The highest BCUT2D eigenvalue weighted by atomic mass is 16.2. The van der Waals surface area contributed by atoms with Crippen LogP contribution in [0.4, 0.5) is 0 Å². The number of nitriles is 1. The first kappa shape index (κ1) is 18.4. The van der Waals surface area contributed by atoms with Crippen molar-refractivity contribution in [3.05, 3.63) is 39.1 Å². The summed E-state index contributed by atoms with van der Waals surface area (Å²) in [4.78, 5) is 34.4. The minimum absolute atomic E-state index is 0.0881. The van der Waals surface area contributed by atoms with Crippen LogP contribution in [0.5, 0.6) is 0 Å². The Bertz CT molecular complexity index is 1020. The number of likely N-dealkylation sites (tertiary alicyclic amines) is 1. The number of hydrogen-bond acceptors (Lipinski definition) is 5. The standard InChI is InChI=1S/C20H24N6O2/c1-3-20(12-21)7-9-25(10-8-20)18(28)15-11-22-26(13(15)2)19-23-16-6-4-5-14(16)17(27)24-19/h11H,3-10H2,1-2H3,(H,23,24,27). The van der Waals surface area contributed by atoms with Crippen molar-refractivity contribution in [3.8, 4) is 12.0 Å². The molecule has 1 aliphatic heterocycles. The number of rotatable bonds is 3. The van der Waals surface area contributed by atoms with Crippen LogP contribution in [0.1, 0.15) is 59.9 Å². The molecule has 8 nitrogen and oxygen atoms in total. The minimum atomic E-state index is -0.316. The molecule has 1 N–H and O–H groups in total. The van der Waals surface area contributed by atoms with Crippen molar-refractivity contribution in [3.63, 3.8) is 0 Å². The fraction of sp³-hybridized carbons (Fsp3) is 0.550. The average molecular weight is 380 g/mol. The van der Waals surface area contributed by atoms with Gasteiger partial charge in [-0.1, -0.05) is 6.92 Å². The Kier molecular flexibility index (Phi) is 4.53. The van der Waals surface area contributed by atoms with Crippen LogP contribution in [-0.4, -0.2) is 43.6 Å². The number of carbonyl (C=O) groups is 1. The fourth-order valence-corrected chi connectivity index (χ4v) is 4.21. The number of piperidine rings is 1. The SMILES string of the molecule is CCC1(C#N)CCN(C(=O)c2cnn(-c3nc4c(c(=O)[nH]3)CCC4)c2C)CC1. The summed E-state index contributed by atoms with van der Waals surface area (Å²) in [5.41, 5.74) is 2.30. The molecule has 3 heterocycles. The molecule has 1 aliphatic carbocycles. The number of nitrogens with one attached hydrogen (secondary N) is 1. The highest BCUT2D eigenvalue weighted by Gasteiger charge is 2.35. The molecule has 1 amide bonds. The van der Waals surface area contributed by atoms with Gasteiger partial charge in [0.15, 0.2) is 0 Å². The van der Waals surface area contributed by atoms with Gasteiger partial charge in [0.2, 0.25) is 5.95 Å². The molecule has 28 heavy (non-hydrogen) atoms. The van der Waals surface area contributed by atoms with Crippen molar-refractivity contribution in [2.75, 3.05) is 13.1 Å². The van der Waals surface area contributed by atoms with E-state index in [2.05, 4.69) is 21.1 Å². The molecule has 146 valence electrons. The molecule has 2 aromatic heterocycles. The van der Waals surface area contributed by atoms with Gasteiger partial charge in [-0.25, -0.2) is 9.67 Å². The van der Waals surface area contributed by atoms with Gasteiger partial charge < -0.3 is 4.90 Å². The summed E-state index contributed by atoms with van der Waals surface area (Å²) in [5.74, 6) is 0.269. The normalized spacial score (nSPS) is 18.0. The molecule has 8 heteroatoms. The Morgan fingerprint density at radius 3 is 2.79 bits per heavy atom. The fourth-order valence-electron chi connectivity index (χ4n) is 4.21. The van der Waals surface area contributed by atoms with Crippen molar-refractivity contribution >= 4 is 5.91 Å². The summed E-state index contributed by atoms with van der Waals surface area (Å²) in [6.07, 6.45) is 6.22. The highest BCUT2D eigenvalue weighted by Crippen LogP contribution is 2.34. The number of H-pyrrole nitrogens is 1. The molecule has 4 rings (SSSR count). The van der Waals surface area contributed by atoms with E-state index < -0.39 is 0 Å². The van der Waals surface area contributed by atoms with Crippen LogP contribution in [0.25, 0.3) is 5.95 Å². The van der Waals surface area contributed by atoms with Crippen LogP contribution in [0, 0.1) is 23.7 Å². The average Bonchev–Trinajstić information content (AvgIpc) is 3.34. The summed E-state index contributed by atoms with van der Waals surface area (Å²) in [6, 6.07) is 2.43. The number of amides is 1. The van der Waals surface area contributed by atoms with E-state index in [1.165, 1.54) is 10.9 Å². The lowest BCUT2D eigenvalue weighted by atomic mass is 9.77. The summed E-state index contributed by atoms with van der Waals surface area (Å²) in [5, 5.41) is 13.8. The third-order valence-electron chi connectivity index (χ3n) is 6.29. The van der Waals surface area contributed by atoms with Gasteiger partial charge in [0.1, 0.15) is 0 Å². The number of nitrogens with zero attached hydrogens (tertiary/aromatic N) is 5. The number of fused-ring (bicyclic) bond motifs is 1. The van der Waals surface area contributed by atoms with Gasteiger partial charge in [-0.3, -0.25) is 14.6 Å². The maximum Gasteiger partial charge on any atom is 0.257 e. The van der Waals surface area contributed by atoms with Crippen LogP contribution in [-0.2, 0) is 12.8 Å². The molecule has 0 unspecified atom stereocenters. The zero-order valence-corrected chi connectivity index (χ0v) is 16.3. The Morgan fingerprint density at radius 2 is 2.11 bits per heavy atom. The first-order valence-corrected chi connectivity index (χ1v) is 9.85. The number of aromatic amines is 1. The van der Waals surface area contributed by atoms with E-state index in [1.807, 2.05) is 13.8 Å². The van der Waals surface area contributed by atoms with E-state index in [1.54, 1.807) is 4.90 Å². The number of carbonyl (C=O) groups excluding carboxylic acids is 1. The summed E-state index contributed by atoms with van der Waals surface area (Å²) in [7, 11) is 0. The Balaban J connectivity index is 1.58. The molecule has 0 spiro atoms. The Morgan fingerprint density at radius 1 is 1.36 bits per heavy atom. The molecule has 1 fully saturated rings.